The number of hydrogen-bond acceptors (Lipinski definition) is 9. The number of sulfone groups is 1. The molecule has 1 aromatic carbocycles. The van der Waals surface area contributed by atoms with Crippen molar-refractivity contribution in [3.8, 4) is 5.75 Å². The molecule has 0 spiro atoms. The van der Waals surface area contributed by atoms with Crippen molar-refractivity contribution in [1.82, 2.24) is 25.1 Å². The maximum absolute atomic E-state index is 13.1. The van der Waals surface area contributed by atoms with Gasteiger partial charge in [0.15, 0.2) is 5.82 Å². The number of hydrogen-bond donors (Lipinski definition) is 3. The molecular formula is C27H33Cl2N7O3S. The van der Waals surface area contributed by atoms with Gasteiger partial charge in [0.25, 0.3) is 0 Å². The van der Waals surface area contributed by atoms with Gasteiger partial charge in [-0.1, -0.05) is 23.2 Å². The van der Waals surface area contributed by atoms with Gasteiger partial charge in [-0.3, -0.25) is 4.68 Å². The van der Waals surface area contributed by atoms with Gasteiger partial charge in [0, 0.05) is 5.02 Å². The van der Waals surface area contributed by atoms with Crippen molar-refractivity contribution in [1.29, 1.82) is 0 Å². The van der Waals surface area contributed by atoms with Crippen LogP contribution in [0, 0.1) is 0 Å². The Bertz CT molecular complexity index is 1510. The monoisotopic (exact) mass is 605 g/mol. The quantitative estimate of drug-likeness (QED) is 0.255. The van der Waals surface area contributed by atoms with Crippen LogP contribution in [0.3, 0.4) is 0 Å². The highest BCUT2D eigenvalue weighted by atomic mass is 35.5. The van der Waals surface area contributed by atoms with Crippen molar-refractivity contribution < 1.29 is 13.2 Å². The Kier molecular flexibility index (Phi) is 7.58. The summed E-state index contributed by atoms with van der Waals surface area (Å²) in [5.74, 6) is 1.61. The van der Waals surface area contributed by atoms with Gasteiger partial charge in [-0.15, -0.1) is 0 Å². The van der Waals surface area contributed by atoms with Gasteiger partial charge in [0.2, 0.25) is 20.8 Å². The van der Waals surface area contributed by atoms with Crippen LogP contribution >= 0.6 is 23.2 Å². The second kappa shape index (κ2) is 11.0. The molecule has 0 radical (unpaired) electrons. The van der Waals surface area contributed by atoms with Gasteiger partial charge in [-0.25, -0.2) is 13.4 Å². The van der Waals surface area contributed by atoms with Crippen LogP contribution in [-0.4, -0.2) is 52.6 Å². The van der Waals surface area contributed by atoms with Crippen LogP contribution < -0.4 is 20.7 Å². The fraction of sp³-hybridized carbons (Fsp3) is 0.519. The maximum atomic E-state index is 13.1. The molecule has 3 fully saturated rings. The lowest BCUT2D eigenvalue weighted by atomic mass is 9.90. The van der Waals surface area contributed by atoms with E-state index in [1.165, 1.54) is 6.20 Å². The van der Waals surface area contributed by atoms with E-state index < -0.39 is 15.1 Å². The molecule has 0 bridgehead atoms. The maximum Gasteiger partial charge on any atom is 0.229 e. The number of anilines is 4. The first-order valence-electron chi connectivity index (χ1n) is 13.8. The molecular weight excluding hydrogens is 573 g/mol. The molecule has 3 aromatic rings. The Balaban J connectivity index is 1.30. The van der Waals surface area contributed by atoms with Crippen LogP contribution in [0.15, 0.2) is 29.6 Å². The lowest BCUT2D eigenvalue weighted by molar-refractivity contribution is 0.304. The summed E-state index contributed by atoms with van der Waals surface area (Å²) in [6.45, 7) is 5.21. The standard InChI is InChI=1S/C27H33Cl2N7O3S/c1-15(2)40(37,38)26-23(14-36(35-26)17-3-4-17)32-25-21(29)13-31-27(34-25)33-22-12-20(28)19(16-7-9-30-10-8-16)11-24(22)39-18-5-6-18/h11-18,30H,3-10H2,1-2H3,(H2,31,32,33,34). The van der Waals surface area contributed by atoms with Crippen LogP contribution in [0.25, 0.3) is 0 Å². The number of nitrogens with zero attached hydrogens (tertiary/aromatic N) is 4. The van der Waals surface area contributed by atoms with Gasteiger partial charge in [-0.05, 0) is 89.1 Å². The first-order valence-corrected chi connectivity index (χ1v) is 16.1. The zero-order valence-corrected chi connectivity index (χ0v) is 24.8. The Hall–Kier alpha value is -2.60. The molecule has 2 saturated carbocycles. The second-order valence-corrected chi connectivity index (χ2v) is 14.2. The fourth-order valence-electron chi connectivity index (χ4n) is 4.76. The Labute approximate surface area is 244 Å². The molecule has 0 unspecified atom stereocenters. The summed E-state index contributed by atoms with van der Waals surface area (Å²) in [5, 5.41) is 14.4. The SMILES string of the molecule is CC(C)S(=O)(=O)c1nn(C2CC2)cc1Nc1nc(Nc2cc(Cl)c(C3CCNCC3)cc2OC2CC2)ncc1Cl. The minimum atomic E-state index is -3.65. The Morgan fingerprint density at radius 2 is 1.77 bits per heavy atom. The van der Waals surface area contributed by atoms with E-state index in [0.29, 0.717) is 28.1 Å². The van der Waals surface area contributed by atoms with Gasteiger partial charge >= 0.3 is 0 Å². The highest BCUT2D eigenvalue weighted by Gasteiger charge is 2.32. The molecule has 0 atom stereocenters. The van der Waals surface area contributed by atoms with Gasteiger partial charge in [-0.2, -0.15) is 10.1 Å². The van der Waals surface area contributed by atoms with E-state index in [-0.39, 0.29) is 34.0 Å². The third-order valence-corrected chi connectivity index (χ3v) is 10.1. The molecule has 10 nitrogen and oxygen atoms in total. The number of piperidine rings is 1. The summed E-state index contributed by atoms with van der Waals surface area (Å²) < 4.78 is 34.1. The van der Waals surface area contributed by atoms with E-state index in [4.69, 9.17) is 27.9 Å². The first-order chi connectivity index (χ1) is 19.2. The topological polar surface area (TPSA) is 123 Å². The van der Waals surface area contributed by atoms with Crippen molar-refractivity contribution in [3.63, 3.8) is 0 Å². The second-order valence-electron chi connectivity index (χ2n) is 11.0. The van der Waals surface area contributed by atoms with Crippen LogP contribution in [0.1, 0.15) is 69.9 Å². The minimum absolute atomic E-state index is 0.0148. The van der Waals surface area contributed by atoms with Crippen molar-refractivity contribution in [2.45, 2.75) is 80.7 Å². The van der Waals surface area contributed by atoms with Crippen LogP contribution in [0.5, 0.6) is 5.75 Å². The lowest BCUT2D eigenvalue weighted by Crippen LogP contribution is -2.26. The molecule has 3 aliphatic rings. The van der Waals surface area contributed by atoms with Crippen molar-refractivity contribution in [3.05, 3.63) is 40.1 Å². The molecule has 3 N–H and O–H groups in total. The number of halogens is 2. The summed E-state index contributed by atoms with van der Waals surface area (Å²) >= 11 is 13.2. The third kappa shape index (κ3) is 5.88. The predicted molar refractivity (Wildman–Crippen MR) is 156 cm³/mol. The van der Waals surface area contributed by atoms with E-state index in [9.17, 15) is 8.42 Å². The highest BCUT2D eigenvalue weighted by molar-refractivity contribution is 7.92. The van der Waals surface area contributed by atoms with Crippen LogP contribution in [0.2, 0.25) is 10.0 Å². The highest BCUT2D eigenvalue weighted by Crippen LogP contribution is 2.42. The van der Waals surface area contributed by atoms with E-state index in [0.717, 1.165) is 57.2 Å². The molecule has 2 aliphatic carbocycles. The molecule has 6 rings (SSSR count). The normalized spacial score (nSPS) is 18.2. The number of rotatable bonds is 10. The van der Waals surface area contributed by atoms with E-state index >= 15 is 0 Å². The van der Waals surface area contributed by atoms with Gasteiger partial charge in [0.1, 0.15) is 10.8 Å². The van der Waals surface area contributed by atoms with E-state index in [2.05, 4.69) is 31.0 Å². The van der Waals surface area contributed by atoms with Crippen molar-refractivity contribution in [2.24, 2.45) is 0 Å². The molecule has 1 aliphatic heterocycles. The van der Waals surface area contributed by atoms with E-state index in [1.54, 1.807) is 24.7 Å². The lowest BCUT2D eigenvalue weighted by Gasteiger charge is -2.25. The molecule has 1 saturated heterocycles. The fourth-order valence-corrected chi connectivity index (χ4v) is 6.28. The summed E-state index contributed by atoms with van der Waals surface area (Å²) in [7, 11) is -3.65. The average Bonchev–Trinajstić information content (AvgIpc) is 3.87. The molecule has 0 amide bonds. The predicted octanol–water partition coefficient (Wildman–Crippen LogP) is 5.99. The first kappa shape index (κ1) is 27.6. The number of ether oxygens (including phenoxy) is 1. The Morgan fingerprint density at radius 3 is 2.45 bits per heavy atom. The van der Waals surface area contributed by atoms with Crippen LogP contribution in [0.4, 0.5) is 23.1 Å². The van der Waals surface area contributed by atoms with Gasteiger partial charge < -0.3 is 20.7 Å². The van der Waals surface area contributed by atoms with Crippen LogP contribution in [-0.2, 0) is 9.84 Å². The van der Waals surface area contributed by atoms with Crippen molar-refractivity contribution >= 4 is 56.2 Å². The molecule has 3 heterocycles. The summed E-state index contributed by atoms with van der Waals surface area (Å²) in [6.07, 6.45) is 9.39. The largest absolute Gasteiger partial charge is 0.488 e. The van der Waals surface area contributed by atoms with Crippen molar-refractivity contribution in [2.75, 3.05) is 23.7 Å². The molecule has 214 valence electrons. The molecule has 2 aromatic heterocycles. The Morgan fingerprint density at radius 1 is 1.02 bits per heavy atom. The smallest absolute Gasteiger partial charge is 0.229 e. The van der Waals surface area contributed by atoms with Gasteiger partial charge in [0.05, 0.1) is 41.2 Å². The summed E-state index contributed by atoms with van der Waals surface area (Å²) in [6, 6.07) is 4.12. The minimum Gasteiger partial charge on any atom is -0.488 e. The zero-order chi connectivity index (χ0) is 28.0. The number of aromatic nitrogens is 4. The number of benzene rings is 1. The summed E-state index contributed by atoms with van der Waals surface area (Å²) in [5.41, 5.74) is 2.09. The number of nitrogens with one attached hydrogen (secondary N) is 3. The summed E-state index contributed by atoms with van der Waals surface area (Å²) in [4.78, 5) is 8.93. The average molecular weight is 607 g/mol. The molecule has 40 heavy (non-hydrogen) atoms. The van der Waals surface area contributed by atoms with E-state index in [1.807, 2.05) is 12.1 Å². The zero-order valence-electron chi connectivity index (χ0n) is 22.5. The third-order valence-electron chi connectivity index (χ3n) is 7.45. The molecule has 13 heteroatoms.